The molecule has 2 aromatic heterocycles. The molecule has 1 aliphatic heterocycles. The predicted octanol–water partition coefficient (Wildman–Crippen LogP) is 3.58. The molecule has 1 aliphatic carbocycles. The molecular formula is C21H29N5O3. The Balaban J connectivity index is 0.00000117. The second kappa shape index (κ2) is 9.23. The number of hydrogen-bond donors (Lipinski definition) is 1. The van der Waals surface area contributed by atoms with E-state index in [2.05, 4.69) is 23.6 Å². The lowest BCUT2D eigenvalue weighted by molar-refractivity contribution is -0.150. The number of fused-ring (bicyclic) bond motifs is 1. The topological polar surface area (TPSA) is 116 Å². The molecule has 1 saturated carbocycles. The van der Waals surface area contributed by atoms with E-state index in [1.165, 1.54) is 25.6 Å². The van der Waals surface area contributed by atoms with Crippen molar-refractivity contribution in [3.8, 4) is 6.57 Å². The third-order valence-corrected chi connectivity index (χ3v) is 6.01. The molecule has 0 radical (unpaired) electrons. The molecule has 2 aliphatic rings. The number of ether oxygens (including phenoxy) is 2. The minimum absolute atomic E-state index is 0.0668. The number of nitrogens with two attached hydrogens (primary N) is 1. The predicted molar refractivity (Wildman–Crippen MR) is 108 cm³/mol. The van der Waals surface area contributed by atoms with Gasteiger partial charge in [-0.05, 0) is 43.2 Å². The molecule has 4 rings (SSSR count). The van der Waals surface area contributed by atoms with Crippen molar-refractivity contribution >= 4 is 17.3 Å². The van der Waals surface area contributed by atoms with Crippen LogP contribution in [-0.2, 0) is 14.3 Å². The van der Waals surface area contributed by atoms with Crippen molar-refractivity contribution in [3.05, 3.63) is 24.2 Å². The summed E-state index contributed by atoms with van der Waals surface area (Å²) in [5.41, 5.74) is 7.75. The third kappa shape index (κ3) is 4.85. The second-order valence-corrected chi connectivity index (χ2v) is 8.26. The number of nitrogens with zero attached hydrogens (tertiary/aromatic N) is 4. The Morgan fingerprint density at radius 2 is 2.10 bits per heavy atom. The van der Waals surface area contributed by atoms with Gasteiger partial charge in [0.05, 0.1) is 18.2 Å². The summed E-state index contributed by atoms with van der Waals surface area (Å²) in [5, 5.41) is 10.8. The smallest absolute Gasteiger partial charge is 0.306 e. The molecule has 0 spiro atoms. The van der Waals surface area contributed by atoms with E-state index in [0.29, 0.717) is 18.8 Å². The lowest BCUT2D eigenvalue weighted by atomic mass is 9.73. The van der Waals surface area contributed by atoms with Gasteiger partial charge in [-0.15, -0.1) is 0 Å². The highest BCUT2D eigenvalue weighted by molar-refractivity contribution is 5.70. The molecule has 2 atom stereocenters. The Labute approximate surface area is 171 Å². The fraction of sp³-hybridized carbons (Fsp3) is 0.619. The lowest BCUT2D eigenvalue weighted by Crippen LogP contribution is -2.26. The molecule has 2 N–H and O–H groups in total. The number of rotatable bonds is 5. The van der Waals surface area contributed by atoms with Gasteiger partial charge in [-0.1, -0.05) is 26.2 Å². The Bertz CT molecular complexity index is 856. The Hall–Kier alpha value is -2.66. The summed E-state index contributed by atoms with van der Waals surface area (Å²) >= 11 is 0. The summed E-state index contributed by atoms with van der Waals surface area (Å²) in [7, 11) is 0. The number of aromatic nitrogens is 3. The molecule has 1 saturated heterocycles. The minimum Gasteiger partial charge on any atom is -0.463 e. The van der Waals surface area contributed by atoms with Crippen LogP contribution in [0.25, 0.3) is 5.52 Å². The minimum atomic E-state index is -0.0971. The van der Waals surface area contributed by atoms with Crippen LogP contribution in [-0.4, -0.2) is 33.3 Å². The molecule has 0 aromatic carbocycles. The van der Waals surface area contributed by atoms with Crippen molar-refractivity contribution in [1.29, 1.82) is 5.26 Å². The molecular weight excluding hydrogens is 370 g/mol. The average Bonchev–Trinajstić information content (AvgIpc) is 3.35. The molecule has 8 heteroatoms. The Kier molecular flexibility index (Phi) is 6.70. The van der Waals surface area contributed by atoms with Crippen LogP contribution in [0.3, 0.4) is 0 Å². The van der Waals surface area contributed by atoms with Crippen molar-refractivity contribution in [2.24, 2.45) is 5.41 Å². The maximum Gasteiger partial charge on any atom is 0.306 e. The van der Waals surface area contributed by atoms with Crippen LogP contribution < -0.4 is 5.73 Å². The molecule has 2 aromatic rings. The molecule has 2 fully saturated rings. The molecule has 156 valence electrons. The first-order valence-electron chi connectivity index (χ1n) is 10.2. The number of carbonyl (C=O) groups is 1. The van der Waals surface area contributed by atoms with Crippen LogP contribution >= 0.6 is 0 Å². The van der Waals surface area contributed by atoms with E-state index in [-0.39, 0.29) is 23.6 Å². The van der Waals surface area contributed by atoms with Gasteiger partial charge in [0.1, 0.15) is 24.6 Å². The normalized spacial score (nSPS) is 23.3. The molecule has 29 heavy (non-hydrogen) atoms. The third-order valence-electron chi connectivity index (χ3n) is 6.01. The first kappa shape index (κ1) is 21.1. The van der Waals surface area contributed by atoms with Gasteiger partial charge in [0.15, 0.2) is 5.82 Å². The van der Waals surface area contributed by atoms with E-state index in [1.54, 1.807) is 4.52 Å². The maximum atomic E-state index is 12.3. The van der Waals surface area contributed by atoms with Gasteiger partial charge in [-0.3, -0.25) is 4.79 Å². The number of nitrogen functional groups attached to an aromatic ring is 1. The van der Waals surface area contributed by atoms with Gasteiger partial charge < -0.3 is 15.2 Å². The summed E-state index contributed by atoms with van der Waals surface area (Å²) < 4.78 is 13.5. The summed E-state index contributed by atoms with van der Waals surface area (Å²) in [6.45, 7) is 6.03. The van der Waals surface area contributed by atoms with E-state index in [4.69, 9.17) is 20.5 Å². The SMILES string of the molecule is C#N.CC1(CC(=O)OCC2CCC(c3ccc4c(N)ncnn34)O2)CCCCC1. The van der Waals surface area contributed by atoms with E-state index in [0.717, 1.165) is 36.9 Å². The number of nitriles is 1. The number of carbonyl (C=O) groups excluding carboxylic acids is 1. The number of hydrogen-bond acceptors (Lipinski definition) is 7. The van der Waals surface area contributed by atoms with Crippen molar-refractivity contribution < 1.29 is 14.3 Å². The van der Waals surface area contributed by atoms with E-state index < -0.39 is 0 Å². The second-order valence-electron chi connectivity index (χ2n) is 8.26. The number of anilines is 1. The van der Waals surface area contributed by atoms with Gasteiger partial charge in [-0.2, -0.15) is 5.10 Å². The van der Waals surface area contributed by atoms with Crippen LogP contribution in [0.4, 0.5) is 5.82 Å². The van der Waals surface area contributed by atoms with Crippen molar-refractivity contribution in [1.82, 2.24) is 14.6 Å². The molecule has 0 bridgehead atoms. The average molecular weight is 399 g/mol. The van der Waals surface area contributed by atoms with Crippen LogP contribution in [0, 0.1) is 17.2 Å². The quantitative estimate of drug-likeness (QED) is 0.764. The first-order valence-corrected chi connectivity index (χ1v) is 10.2. The highest BCUT2D eigenvalue weighted by Gasteiger charge is 2.32. The van der Waals surface area contributed by atoms with Crippen molar-refractivity contribution in [3.63, 3.8) is 0 Å². The Morgan fingerprint density at radius 3 is 2.86 bits per heavy atom. The van der Waals surface area contributed by atoms with E-state index in [1.807, 2.05) is 12.1 Å². The molecule has 2 unspecified atom stereocenters. The number of esters is 1. The van der Waals surface area contributed by atoms with Crippen LogP contribution in [0.15, 0.2) is 18.5 Å². The maximum absolute atomic E-state index is 12.3. The summed E-state index contributed by atoms with van der Waals surface area (Å²) in [5.74, 6) is 0.357. The van der Waals surface area contributed by atoms with Crippen molar-refractivity contribution in [2.75, 3.05) is 12.3 Å². The van der Waals surface area contributed by atoms with Gasteiger partial charge in [0, 0.05) is 6.57 Å². The largest absolute Gasteiger partial charge is 0.463 e. The fourth-order valence-electron chi connectivity index (χ4n) is 4.43. The first-order chi connectivity index (χ1) is 14.0. The Morgan fingerprint density at radius 1 is 1.34 bits per heavy atom. The van der Waals surface area contributed by atoms with Crippen molar-refractivity contribution in [2.45, 2.75) is 70.5 Å². The zero-order valence-electron chi connectivity index (χ0n) is 16.9. The summed E-state index contributed by atoms with van der Waals surface area (Å²) in [4.78, 5) is 16.3. The standard InChI is InChI=1S/C20H28N4O3.CHN/c1-20(9-3-2-4-10-20)11-18(25)26-12-14-5-8-17(27-14)15-6-7-16-19(21)22-13-23-24(15)16;1-2/h6-7,13-14,17H,2-5,8-12H2,1H3,(H2,21,22,23);1H. The zero-order valence-corrected chi connectivity index (χ0v) is 16.9. The zero-order chi connectivity index (χ0) is 20.9. The van der Waals surface area contributed by atoms with Crippen LogP contribution in [0.2, 0.25) is 0 Å². The van der Waals surface area contributed by atoms with E-state index in [9.17, 15) is 4.79 Å². The highest BCUT2D eigenvalue weighted by atomic mass is 16.6. The highest BCUT2D eigenvalue weighted by Crippen LogP contribution is 2.39. The van der Waals surface area contributed by atoms with Gasteiger partial charge in [-0.25, -0.2) is 14.8 Å². The van der Waals surface area contributed by atoms with Gasteiger partial charge in [0.25, 0.3) is 0 Å². The monoisotopic (exact) mass is 399 g/mol. The summed E-state index contributed by atoms with van der Waals surface area (Å²) in [6.07, 6.45) is 9.53. The summed E-state index contributed by atoms with van der Waals surface area (Å²) in [6, 6.07) is 3.88. The fourth-order valence-corrected chi connectivity index (χ4v) is 4.43. The van der Waals surface area contributed by atoms with Crippen LogP contribution in [0.5, 0.6) is 0 Å². The van der Waals surface area contributed by atoms with Gasteiger partial charge >= 0.3 is 5.97 Å². The lowest BCUT2D eigenvalue weighted by Gasteiger charge is -2.32. The van der Waals surface area contributed by atoms with E-state index >= 15 is 0 Å². The van der Waals surface area contributed by atoms with Gasteiger partial charge in [0.2, 0.25) is 0 Å². The molecule has 0 amide bonds. The molecule has 3 heterocycles. The molecule has 8 nitrogen and oxygen atoms in total. The van der Waals surface area contributed by atoms with Crippen LogP contribution in [0.1, 0.15) is 70.1 Å².